The van der Waals surface area contributed by atoms with Gasteiger partial charge in [-0.05, 0) is 19.9 Å². The third kappa shape index (κ3) is 3.25. The molecular formula is C8H18N2O2S. The van der Waals surface area contributed by atoms with Crippen LogP contribution in [0, 0.1) is 0 Å². The van der Waals surface area contributed by atoms with E-state index in [0.29, 0.717) is 19.1 Å². The Labute approximate surface area is 80.4 Å². The molecule has 1 rings (SSSR count). The summed E-state index contributed by atoms with van der Waals surface area (Å²) >= 11 is 0. The fourth-order valence-electron chi connectivity index (χ4n) is 1.64. The molecule has 0 aliphatic carbocycles. The molecular weight excluding hydrogens is 188 g/mol. The van der Waals surface area contributed by atoms with E-state index in [9.17, 15) is 8.42 Å². The monoisotopic (exact) mass is 206 g/mol. The predicted molar refractivity (Wildman–Crippen MR) is 53.1 cm³/mol. The van der Waals surface area contributed by atoms with Gasteiger partial charge in [0, 0.05) is 19.1 Å². The Morgan fingerprint density at radius 2 is 2.08 bits per heavy atom. The molecule has 4 nitrogen and oxygen atoms in total. The molecule has 0 radical (unpaired) electrons. The van der Waals surface area contributed by atoms with Crippen molar-refractivity contribution >= 4 is 10.0 Å². The van der Waals surface area contributed by atoms with E-state index in [4.69, 9.17) is 0 Å². The van der Waals surface area contributed by atoms with E-state index in [2.05, 4.69) is 5.32 Å². The molecule has 0 amide bonds. The van der Waals surface area contributed by atoms with Crippen molar-refractivity contribution in [1.82, 2.24) is 9.62 Å². The number of nitrogens with one attached hydrogen (secondary N) is 1. The number of sulfonamides is 1. The molecule has 1 saturated heterocycles. The summed E-state index contributed by atoms with van der Waals surface area (Å²) < 4.78 is 24.2. The first-order valence-electron chi connectivity index (χ1n) is 4.66. The van der Waals surface area contributed by atoms with Gasteiger partial charge in [0.15, 0.2) is 0 Å². The van der Waals surface area contributed by atoms with Gasteiger partial charge in [-0.2, -0.15) is 0 Å². The molecule has 0 saturated carbocycles. The van der Waals surface area contributed by atoms with E-state index in [1.807, 2.05) is 7.05 Å². The molecule has 13 heavy (non-hydrogen) atoms. The van der Waals surface area contributed by atoms with Gasteiger partial charge in [-0.1, -0.05) is 6.42 Å². The van der Waals surface area contributed by atoms with Gasteiger partial charge in [0.2, 0.25) is 10.0 Å². The summed E-state index contributed by atoms with van der Waals surface area (Å²) in [5.41, 5.74) is 0. The maximum Gasteiger partial charge on any atom is 0.211 e. The highest BCUT2D eigenvalue weighted by molar-refractivity contribution is 7.88. The van der Waals surface area contributed by atoms with E-state index in [-0.39, 0.29) is 0 Å². The Morgan fingerprint density at radius 3 is 2.62 bits per heavy atom. The summed E-state index contributed by atoms with van der Waals surface area (Å²) in [5.74, 6) is 0. The highest BCUT2D eigenvalue weighted by atomic mass is 32.2. The number of nitrogens with zero attached hydrogens (tertiary/aromatic N) is 1. The molecule has 1 aliphatic rings. The second-order valence-electron chi connectivity index (χ2n) is 3.60. The molecule has 0 aromatic heterocycles. The molecule has 1 unspecified atom stereocenters. The van der Waals surface area contributed by atoms with Crippen LogP contribution in [0.5, 0.6) is 0 Å². The lowest BCUT2D eigenvalue weighted by molar-refractivity contribution is 0.388. The largest absolute Gasteiger partial charge is 0.316 e. The van der Waals surface area contributed by atoms with Crippen LogP contribution >= 0.6 is 0 Å². The van der Waals surface area contributed by atoms with Gasteiger partial charge in [-0.25, -0.2) is 12.7 Å². The van der Waals surface area contributed by atoms with Crippen LogP contribution in [0.1, 0.15) is 19.3 Å². The van der Waals surface area contributed by atoms with Crippen molar-refractivity contribution in [2.75, 3.05) is 26.4 Å². The summed E-state index contributed by atoms with van der Waals surface area (Å²) in [5, 5.41) is 3.14. The first-order chi connectivity index (χ1) is 6.04. The minimum Gasteiger partial charge on any atom is -0.316 e. The summed E-state index contributed by atoms with van der Waals surface area (Å²) in [6.07, 6.45) is 4.44. The molecule has 1 N–H and O–H groups in total. The maximum atomic E-state index is 11.3. The smallest absolute Gasteiger partial charge is 0.211 e. The van der Waals surface area contributed by atoms with Crippen LogP contribution in [0.15, 0.2) is 0 Å². The standard InChI is InChI=1S/C8H18N2O2S/c1-9-8-5-3-4-6-10(7-8)13(2,11)12/h8-9H,3-7H2,1-2H3. The molecule has 0 aromatic rings. The second kappa shape index (κ2) is 4.39. The van der Waals surface area contributed by atoms with Gasteiger partial charge in [0.1, 0.15) is 0 Å². The van der Waals surface area contributed by atoms with Crippen molar-refractivity contribution < 1.29 is 8.42 Å². The highest BCUT2D eigenvalue weighted by Gasteiger charge is 2.22. The number of rotatable bonds is 2. The van der Waals surface area contributed by atoms with E-state index >= 15 is 0 Å². The Kier molecular flexibility index (Phi) is 3.70. The van der Waals surface area contributed by atoms with Crippen LogP contribution in [0.25, 0.3) is 0 Å². The van der Waals surface area contributed by atoms with Crippen molar-refractivity contribution in [3.63, 3.8) is 0 Å². The van der Waals surface area contributed by atoms with Gasteiger partial charge in [0.05, 0.1) is 6.26 Å². The minimum atomic E-state index is -3.00. The lowest BCUT2D eigenvalue weighted by Crippen LogP contribution is -2.40. The van der Waals surface area contributed by atoms with Crippen LogP contribution < -0.4 is 5.32 Å². The Morgan fingerprint density at radius 1 is 1.38 bits per heavy atom. The third-order valence-electron chi connectivity index (χ3n) is 2.51. The number of hydrogen-bond acceptors (Lipinski definition) is 3. The van der Waals surface area contributed by atoms with Crippen molar-refractivity contribution in [2.45, 2.75) is 25.3 Å². The van der Waals surface area contributed by atoms with E-state index < -0.39 is 10.0 Å². The van der Waals surface area contributed by atoms with Crippen molar-refractivity contribution in [2.24, 2.45) is 0 Å². The Bertz CT molecular complexity index is 251. The fourth-order valence-corrected chi connectivity index (χ4v) is 2.56. The molecule has 1 heterocycles. The molecule has 0 bridgehead atoms. The molecule has 1 atom stereocenters. The lowest BCUT2D eigenvalue weighted by atomic mass is 10.1. The molecule has 78 valence electrons. The molecule has 0 aromatic carbocycles. The Hall–Kier alpha value is -0.130. The van der Waals surface area contributed by atoms with Gasteiger partial charge in [-0.15, -0.1) is 0 Å². The van der Waals surface area contributed by atoms with Crippen LogP contribution in [-0.4, -0.2) is 45.2 Å². The average molecular weight is 206 g/mol. The highest BCUT2D eigenvalue weighted by Crippen LogP contribution is 2.12. The maximum absolute atomic E-state index is 11.3. The molecule has 5 heteroatoms. The molecule has 1 fully saturated rings. The quantitative estimate of drug-likeness (QED) is 0.693. The number of hydrogen-bond donors (Lipinski definition) is 1. The van der Waals surface area contributed by atoms with Gasteiger partial charge < -0.3 is 5.32 Å². The van der Waals surface area contributed by atoms with Gasteiger partial charge in [0.25, 0.3) is 0 Å². The summed E-state index contributed by atoms with van der Waals surface area (Å²) in [7, 11) is -1.11. The van der Waals surface area contributed by atoms with Crippen molar-refractivity contribution in [3.05, 3.63) is 0 Å². The van der Waals surface area contributed by atoms with E-state index in [1.54, 1.807) is 4.31 Å². The normalized spacial score (nSPS) is 27.1. The first kappa shape index (κ1) is 10.9. The predicted octanol–water partition coefficient (Wildman–Crippen LogP) is 0.0199. The molecule has 1 aliphatic heterocycles. The van der Waals surface area contributed by atoms with Crippen LogP contribution in [0.4, 0.5) is 0 Å². The fraction of sp³-hybridized carbons (Fsp3) is 1.00. The van der Waals surface area contributed by atoms with E-state index in [0.717, 1.165) is 19.3 Å². The summed E-state index contributed by atoms with van der Waals surface area (Å²) in [6, 6.07) is 0.317. The van der Waals surface area contributed by atoms with Crippen LogP contribution in [0.3, 0.4) is 0 Å². The third-order valence-corrected chi connectivity index (χ3v) is 3.78. The second-order valence-corrected chi connectivity index (χ2v) is 5.58. The van der Waals surface area contributed by atoms with Crippen molar-refractivity contribution in [3.8, 4) is 0 Å². The minimum absolute atomic E-state index is 0.317. The topological polar surface area (TPSA) is 49.4 Å². The van der Waals surface area contributed by atoms with Crippen LogP contribution in [0.2, 0.25) is 0 Å². The zero-order chi connectivity index (χ0) is 9.90. The van der Waals surface area contributed by atoms with E-state index in [1.165, 1.54) is 6.26 Å². The Balaban J connectivity index is 2.65. The SMILES string of the molecule is CNC1CCCCN(S(C)(=O)=O)C1. The molecule has 0 spiro atoms. The average Bonchev–Trinajstić information content (AvgIpc) is 2.27. The zero-order valence-electron chi connectivity index (χ0n) is 8.28. The lowest BCUT2D eigenvalue weighted by Gasteiger charge is -2.21. The zero-order valence-corrected chi connectivity index (χ0v) is 9.10. The summed E-state index contributed by atoms with van der Waals surface area (Å²) in [6.45, 7) is 1.30. The van der Waals surface area contributed by atoms with Gasteiger partial charge >= 0.3 is 0 Å². The van der Waals surface area contributed by atoms with Crippen molar-refractivity contribution in [1.29, 1.82) is 0 Å². The first-order valence-corrected chi connectivity index (χ1v) is 6.51. The number of likely N-dealkylation sites (N-methyl/N-ethyl adjacent to an activating group) is 1. The van der Waals surface area contributed by atoms with Crippen LogP contribution in [-0.2, 0) is 10.0 Å². The summed E-state index contributed by atoms with van der Waals surface area (Å²) in [4.78, 5) is 0. The van der Waals surface area contributed by atoms with Gasteiger partial charge in [-0.3, -0.25) is 0 Å².